The molecule has 0 radical (unpaired) electrons. The molecule has 0 bridgehead atoms. The number of nitrogens with zero attached hydrogens (tertiary/aromatic N) is 2. The minimum absolute atomic E-state index is 0.225. The average molecular weight is 393 g/mol. The Kier molecular flexibility index (Phi) is 4.95. The van der Waals surface area contributed by atoms with E-state index in [1.165, 1.54) is 11.3 Å². The zero-order valence-electron chi connectivity index (χ0n) is 14.4. The molecule has 0 aliphatic carbocycles. The fourth-order valence-corrected chi connectivity index (χ4v) is 4.14. The number of hydrogen-bond donors (Lipinski definition) is 1. The Morgan fingerprint density at radius 3 is 2.74 bits per heavy atom. The average Bonchev–Trinajstić information content (AvgIpc) is 3.34. The minimum Gasteiger partial charge on any atom is -0.437 e. The maximum Gasteiger partial charge on any atom is 0.267 e. The Bertz CT molecular complexity index is 1060. The maximum atomic E-state index is 12.8. The number of ether oxygens (including phenoxy) is 1. The number of hydrogen-bond acceptors (Lipinski definition) is 6. The summed E-state index contributed by atoms with van der Waals surface area (Å²) in [6.45, 7) is 1.84. The molecular formula is C20H15N3O2S2. The van der Waals surface area contributed by atoms with E-state index in [1.807, 2.05) is 54.1 Å². The Balaban J connectivity index is 1.57. The first-order valence-corrected chi connectivity index (χ1v) is 9.96. The number of pyridine rings is 1. The van der Waals surface area contributed by atoms with Crippen LogP contribution in [0.4, 0.5) is 5.69 Å². The molecular weight excluding hydrogens is 378 g/mol. The molecule has 134 valence electrons. The van der Waals surface area contributed by atoms with E-state index in [1.54, 1.807) is 29.7 Å². The molecule has 4 rings (SSSR count). The Morgan fingerprint density at radius 2 is 1.96 bits per heavy atom. The molecule has 3 aromatic heterocycles. The zero-order valence-corrected chi connectivity index (χ0v) is 16.0. The normalized spacial score (nSPS) is 10.6. The van der Waals surface area contributed by atoms with E-state index >= 15 is 0 Å². The summed E-state index contributed by atoms with van der Waals surface area (Å²) in [6, 6.07) is 14.8. The molecule has 1 amide bonds. The lowest BCUT2D eigenvalue weighted by atomic mass is 10.3. The summed E-state index contributed by atoms with van der Waals surface area (Å²) in [5.41, 5.74) is 2.24. The highest BCUT2D eigenvalue weighted by Crippen LogP contribution is 2.31. The Hall–Kier alpha value is -3.03. The number of rotatable bonds is 5. The summed E-state index contributed by atoms with van der Waals surface area (Å²) in [5, 5.41) is 7.75. The number of carbonyl (C=O) groups excluding carboxylic acids is 1. The Labute approximate surface area is 164 Å². The van der Waals surface area contributed by atoms with E-state index in [0.29, 0.717) is 27.9 Å². The van der Waals surface area contributed by atoms with E-state index in [0.717, 1.165) is 10.6 Å². The smallest absolute Gasteiger partial charge is 0.267 e. The van der Waals surface area contributed by atoms with Crippen LogP contribution in [0.3, 0.4) is 0 Å². The fourth-order valence-electron chi connectivity index (χ4n) is 2.46. The van der Waals surface area contributed by atoms with Gasteiger partial charge >= 0.3 is 0 Å². The highest BCUT2D eigenvalue weighted by Gasteiger charge is 2.18. The molecule has 3 heterocycles. The van der Waals surface area contributed by atoms with Gasteiger partial charge in [-0.1, -0.05) is 18.2 Å². The van der Waals surface area contributed by atoms with Crippen LogP contribution in [0.1, 0.15) is 15.4 Å². The van der Waals surface area contributed by atoms with Gasteiger partial charge in [0, 0.05) is 17.1 Å². The summed E-state index contributed by atoms with van der Waals surface area (Å²) >= 11 is 2.98. The molecule has 0 unspecified atom stereocenters. The third-order valence-electron chi connectivity index (χ3n) is 3.75. The Morgan fingerprint density at radius 1 is 1.11 bits per heavy atom. The topological polar surface area (TPSA) is 64.1 Å². The first-order valence-electron chi connectivity index (χ1n) is 8.20. The van der Waals surface area contributed by atoms with Gasteiger partial charge in [0.2, 0.25) is 5.88 Å². The van der Waals surface area contributed by atoms with Gasteiger partial charge in [-0.2, -0.15) is 11.3 Å². The lowest BCUT2D eigenvalue weighted by Crippen LogP contribution is -2.12. The molecule has 0 aliphatic rings. The van der Waals surface area contributed by atoms with Crippen LogP contribution in [0.15, 0.2) is 65.5 Å². The van der Waals surface area contributed by atoms with Crippen LogP contribution in [-0.2, 0) is 0 Å². The monoisotopic (exact) mass is 393 g/mol. The summed E-state index contributed by atoms with van der Waals surface area (Å²) in [7, 11) is 0. The van der Waals surface area contributed by atoms with E-state index < -0.39 is 0 Å². The van der Waals surface area contributed by atoms with Crippen molar-refractivity contribution in [2.75, 3.05) is 5.32 Å². The number of carbonyl (C=O) groups is 1. The van der Waals surface area contributed by atoms with Crippen LogP contribution in [-0.4, -0.2) is 15.9 Å². The molecule has 0 spiro atoms. The number of anilines is 1. The van der Waals surface area contributed by atoms with Crippen molar-refractivity contribution in [3.63, 3.8) is 0 Å². The molecule has 5 nitrogen and oxygen atoms in total. The standard InChI is InChI=1S/C20H15N3O2S2/c1-13-17(27-20(22-13)14-9-11-26-12-14)18(24)23-16-8-5-10-21-19(16)25-15-6-3-2-4-7-15/h2-12H,1H3,(H,23,24). The number of benzene rings is 1. The second kappa shape index (κ2) is 7.69. The van der Waals surface area contributed by atoms with Gasteiger partial charge in [-0.05, 0) is 42.6 Å². The summed E-state index contributed by atoms with van der Waals surface area (Å²) < 4.78 is 5.80. The highest BCUT2D eigenvalue weighted by molar-refractivity contribution is 7.17. The summed E-state index contributed by atoms with van der Waals surface area (Å²) in [4.78, 5) is 22.1. The van der Waals surface area contributed by atoms with Crippen molar-refractivity contribution in [3.05, 3.63) is 76.1 Å². The first-order chi connectivity index (χ1) is 13.2. The largest absolute Gasteiger partial charge is 0.437 e. The minimum atomic E-state index is -0.225. The molecule has 0 saturated heterocycles. The molecule has 27 heavy (non-hydrogen) atoms. The van der Waals surface area contributed by atoms with Crippen molar-refractivity contribution < 1.29 is 9.53 Å². The number of thiophene rings is 1. The van der Waals surface area contributed by atoms with Gasteiger partial charge < -0.3 is 10.1 Å². The maximum absolute atomic E-state index is 12.8. The van der Waals surface area contributed by atoms with Gasteiger partial charge in [-0.3, -0.25) is 4.79 Å². The second-order valence-electron chi connectivity index (χ2n) is 5.67. The first kappa shape index (κ1) is 17.4. The van der Waals surface area contributed by atoms with E-state index in [-0.39, 0.29) is 5.91 Å². The summed E-state index contributed by atoms with van der Waals surface area (Å²) in [5.74, 6) is 0.773. The van der Waals surface area contributed by atoms with Crippen LogP contribution in [0.2, 0.25) is 0 Å². The molecule has 0 fully saturated rings. The van der Waals surface area contributed by atoms with Crippen molar-refractivity contribution in [1.29, 1.82) is 0 Å². The van der Waals surface area contributed by atoms with Crippen LogP contribution < -0.4 is 10.1 Å². The molecule has 4 aromatic rings. The lowest BCUT2D eigenvalue weighted by molar-refractivity contribution is 0.102. The predicted molar refractivity (Wildman–Crippen MR) is 109 cm³/mol. The van der Waals surface area contributed by atoms with E-state index in [4.69, 9.17) is 4.74 Å². The third-order valence-corrected chi connectivity index (χ3v) is 5.64. The molecule has 0 saturated carbocycles. The van der Waals surface area contributed by atoms with Gasteiger partial charge in [0.25, 0.3) is 5.91 Å². The number of amides is 1. The van der Waals surface area contributed by atoms with Crippen molar-refractivity contribution >= 4 is 34.3 Å². The van der Waals surface area contributed by atoms with Gasteiger partial charge in [0.1, 0.15) is 21.3 Å². The van der Waals surface area contributed by atoms with E-state index in [2.05, 4.69) is 15.3 Å². The van der Waals surface area contributed by atoms with Gasteiger partial charge in [0.15, 0.2) is 0 Å². The lowest BCUT2D eigenvalue weighted by Gasteiger charge is -2.10. The molecule has 0 aliphatic heterocycles. The van der Waals surface area contributed by atoms with Gasteiger partial charge in [-0.25, -0.2) is 9.97 Å². The summed E-state index contributed by atoms with van der Waals surface area (Å²) in [6.07, 6.45) is 1.63. The van der Waals surface area contributed by atoms with Crippen molar-refractivity contribution in [3.8, 4) is 22.2 Å². The van der Waals surface area contributed by atoms with Crippen molar-refractivity contribution in [2.24, 2.45) is 0 Å². The quantitative estimate of drug-likeness (QED) is 0.478. The van der Waals surface area contributed by atoms with Gasteiger partial charge in [-0.15, -0.1) is 11.3 Å². The SMILES string of the molecule is Cc1nc(-c2ccsc2)sc1C(=O)Nc1cccnc1Oc1ccccc1. The number of para-hydroxylation sites is 1. The predicted octanol–water partition coefficient (Wildman–Crippen LogP) is 5.62. The zero-order chi connectivity index (χ0) is 18.6. The van der Waals surface area contributed by atoms with Crippen LogP contribution in [0.5, 0.6) is 11.6 Å². The fraction of sp³-hybridized carbons (Fsp3) is 0.0500. The number of thiazole rings is 1. The molecule has 1 aromatic carbocycles. The molecule has 0 atom stereocenters. The second-order valence-corrected chi connectivity index (χ2v) is 7.45. The van der Waals surface area contributed by atoms with Crippen LogP contribution >= 0.6 is 22.7 Å². The van der Waals surface area contributed by atoms with Gasteiger partial charge in [0.05, 0.1) is 5.69 Å². The number of aryl methyl sites for hydroxylation is 1. The van der Waals surface area contributed by atoms with Crippen molar-refractivity contribution in [1.82, 2.24) is 9.97 Å². The van der Waals surface area contributed by atoms with Crippen LogP contribution in [0, 0.1) is 6.92 Å². The van der Waals surface area contributed by atoms with E-state index in [9.17, 15) is 4.79 Å². The van der Waals surface area contributed by atoms with Crippen LogP contribution in [0.25, 0.3) is 10.6 Å². The number of aromatic nitrogens is 2. The third kappa shape index (κ3) is 3.89. The van der Waals surface area contributed by atoms with Crippen molar-refractivity contribution in [2.45, 2.75) is 6.92 Å². The molecule has 1 N–H and O–H groups in total. The number of nitrogens with one attached hydrogen (secondary N) is 1. The molecule has 7 heteroatoms. The highest BCUT2D eigenvalue weighted by atomic mass is 32.1.